The van der Waals surface area contributed by atoms with Crippen molar-refractivity contribution in [3.63, 3.8) is 0 Å². The van der Waals surface area contributed by atoms with Crippen LogP contribution in [0, 0.1) is 0 Å². The summed E-state index contributed by atoms with van der Waals surface area (Å²) in [5, 5.41) is 2.40. The molecule has 146 valence electrons. The molecule has 0 bridgehead atoms. The molecule has 0 fully saturated rings. The lowest BCUT2D eigenvalue weighted by Gasteiger charge is -2.14. The number of nitrogens with zero attached hydrogens (tertiary/aromatic N) is 2. The fourth-order valence-electron chi connectivity index (χ4n) is 3.60. The lowest BCUT2D eigenvalue weighted by atomic mass is 10.0. The van der Waals surface area contributed by atoms with Crippen molar-refractivity contribution >= 4 is 27.6 Å². The Balaban J connectivity index is 1.91. The molecule has 0 unspecified atom stereocenters. The second-order valence-corrected chi connectivity index (χ2v) is 6.72. The molecule has 1 aromatic heterocycles. The monoisotopic (exact) mass is 388 g/mol. The summed E-state index contributed by atoms with van der Waals surface area (Å²) >= 11 is 0. The van der Waals surface area contributed by atoms with Crippen LogP contribution in [0.1, 0.15) is 12.5 Å². The molecule has 0 aliphatic rings. The quantitative estimate of drug-likeness (QED) is 0.493. The van der Waals surface area contributed by atoms with E-state index in [2.05, 4.69) is 0 Å². The number of ether oxygens (including phenoxy) is 1. The van der Waals surface area contributed by atoms with Gasteiger partial charge in [-0.05, 0) is 35.4 Å². The summed E-state index contributed by atoms with van der Waals surface area (Å²) in [4.78, 5) is 38.4. The number of fused-ring (bicyclic) bond motifs is 2. The van der Waals surface area contributed by atoms with E-state index in [1.807, 2.05) is 42.5 Å². The van der Waals surface area contributed by atoms with Gasteiger partial charge in [-0.2, -0.15) is 0 Å². The predicted molar refractivity (Wildman–Crippen MR) is 112 cm³/mol. The molecular formula is C23H20N2O4. The van der Waals surface area contributed by atoms with Crippen molar-refractivity contribution in [2.45, 2.75) is 20.0 Å². The van der Waals surface area contributed by atoms with Crippen LogP contribution in [-0.2, 0) is 22.6 Å². The van der Waals surface area contributed by atoms with E-state index in [9.17, 15) is 14.4 Å². The van der Waals surface area contributed by atoms with Crippen LogP contribution < -0.4 is 11.2 Å². The van der Waals surface area contributed by atoms with Gasteiger partial charge >= 0.3 is 11.7 Å². The van der Waals surface area contributed by atoms with Gasteiger partial charge in [-0.15, -0.1) is 0 Å². The summed E-state index contributed by atoms with van der Waals surface area (Å²) in [5.74, 6) is -0.518. The van der Waals surface area contributed by atoms with Crippen LogP contribution in [-0.4, -0.2) is 21.7 Å². The lowest BCUT2D eigenvalue weighted by molar-refractivity contribution is -0.143. The van der Waals surface area contributed by atoms with Gasteiger partial charge in [0.15, 0.2) is 0 Å². The molecule has 6 heteroatoms. The first-order valence-electron chi connectivity index (χ1n) is 9.44. The molecule has 6 nitrogen and oxygen atoms in total. The number of carbonyl (C=O) groups is 1. The van der Waals surface area contributed by atoms with Crippen LogP contribution in [0.2, 0.25) is 0 Å². The minimum Gasteiger partial charge on any atom is -0.465 e. The number of hydrogen-bond acceptors (Lipinski definition) is 4. The Morgan fingerprint density at radius 2 is 1.55 bits per heavy atom. The van der Waals surface area contributed by atoms with E-state index in [0.717, 1.165) is 16.3 Å². The summed E-state index contributed by atoms with van der Waals surface area (Å²) in [6.45, 7) is 1.80. The zero-order valence-electron chi connectivity index (χ0n) is 16.0. The molecular weight excluding hydrogens is 368 g/mol. The average Bonchev–Trinajstić information content (AvgIpc) is 2.74. The van der Waals surface area contributed by atoms with Gasteiger partial charge in [-0.1, -0.05) is 54.6 Å². The van der Waals surface area contributed by atoms with Crippen molar-refractivity contribution in [1.29, 1.82) is 0 Å². The number of esters is 1. The van der Waals surface area contributed by atoms with E-state index < -0.39 is 11.7 Å². The van der Waals surface area contributed by atoms with E-state index in [1.165, 1.54) is 9.13 Å². The molecule has 0 radical (unpaired) electrons. The minimum absolute atomic E-state index is 0.118. The molecule has 0 N–H and O–H groups in total. The standard InChI is InChI=1S/C23H20N2O4/c1-2-29-21(26)15-24-20-13-6-5-12-19(20)22(27)25(23(24)28)14-17-10-7-9-16-8-3-4-11-18(16)17/h3-13H,2,14-15H2,1H3. The molecule has 0 atom stereocenters. The maximum Gasteiger partial charge on any atom is 0.332 e. The van der Waals surface area contributed by atoms with Crippen LogP contribution in [0.5, 0.6) is 0 Å². The Hall–Kier alpha value is -3.67. The molecule has 0 spiro atoms. The molecule has 1 heterocycles. The molecule has 4 rings (SSSR count). The molecule has 0 aliphatic heterocycles. The van der Waals surface area contributed by atoms with Crippen molar-refractivity contribution in [1.82, 2.24) is 9.13 Å². The Morgan fingerprint density at radius 1 is 0.862 bits per heavy atom. The van der Waals surface area contributed by atoms with E-state index in [-0.39, 0.29) is 25.3 Å². The molecule has 3 aromatic carbocycles. The van der Waals surface area contributed by atoms with Gasteiger partial charge < -0.3 is 4.74 Å². The highest BCUT2D eigenvalue weighted by atomic mass is 16.5. The third-order valence-corrected chi connectivity index (χ3v) is 4.93. The molecule has 0 saturated carbocycles. The number of para-hydroxylation sites is 1. The maximum atomic E-state index is 13.2. The van der Waals surface area contributed by atoms with Crippen LogP contribution in [0.4, 0.5) is 0 Å². The van der Waals surface area contributed by atoms with Crippen molar-refractivity contribution < 1.29 is 9.53 Å². The largest absolute Gasteiger partial charge is 0.465 e. The number of aromatic nitrogens is 2. The van der Waals surface area contributed by atoms with Crippen molar-refractivity contribution in [3.8, 4) is 0 Å². The van der Waals surface area contributed by atoms with Gasteiger partial charge in [0.05, 0.1) is 24.1 Å². The summed E-state index contributed by atoms with van der Waals surface area (Å²) in [5.41, 5.74) is 0.373. The third-order valence-electron chi connectivity index (χ3n) is 4.93. The first-order valence-corrected chi connectivity index (χ1v) is 9.44. The first kappa shape index (κ1) is 18.7. The smallest absolute Gasteiger partial charge is 0.332 e. The summed E-state index contributed by atoms with van der Waals surface area (Å²) in [6.07, 6.45) is 0. The van der Waals surface area contributed by atoms with Gasteiger partial charge in [0.25, 0.3) is 5.56 Å². The highest BCUT2D eigenvalue weighted by molar-refractivity contribution is 5.85. The minimum atomic E-state index is -0.533. The predicted octanol–water partition coefficient (Wildman–Crippen LogP) is 2.93. The highest BCUT2D eigenvalue weighted by Gasteiger charge is 2.16. The Kier molecular flexibility index (Phi) is 4.99. The van der Waals surface area contributed by atoms with E-state index in [4.69, 9.17) is 4.74 Å². The highest BCUT2D eigenvalue weighted by Crippen LogP contribution is 2.19. The first-order chi connectivity index (χ1) is 14.1. The van der Waals surface area contributed by atoms with Crippen molar-refractivity contribution in [3.05, 3.63) is 93.1 Å². The molecule has 29 heavy (non-hydrogen) atoms. The number of benzene rings is 3. The van der Waals surface area contributed by atoms with E-state index in [1.54, 1.807) is 31.2 Å². The lowest BCUT2D eigenvalue weighted by Crippen LogP contribution is -2.41. The Bertz CT molecular complexity index is 1330. The van der Waals surface area contributed by atoms with Crippen LogP contribution in [0.3, 0.4) is 0 Å². The van der Waals surface area contributed by atoms with E-state index in [0.29, 0.717) is 10.9 Å². The molecule has 0 aliphatic carbocycles. The summed E-state index contributed by atoms with van der Waals surface area (Å²) in [7, 11) is 0. The number of rotatable bonds is 5. The van der Waals surface area contributed by atoms with Gasteiger partial charge in [0.2, 0.25) is 0 Å². The van der Waals surface area contributed by atoms with Gasteiger partial charge in [0.1, 0.15) is 6.54 Å². The topological polar surface area (TPSA) is 70.3 Å². The van der Waals surface area contributed by atoms with Gasteiger partial charge in [0, 0.05) is 0 Å². The third kappa shape index (κ3) is 3.45. The maximum absolute atomic E-state index is 13.2. The Morgan fingerprint density at radius 3 is 2.34 bits per heavy atom. The summed E-state index contributed by atoms with van der Waals surface area (Å²) < 4.78 is 7.50. The van der Waals surface area contributed by atoms with Crippen LogP contribution in [0.15, 0.2) is 76.3 Å². The van der Waals surface area contributed by atoms with E-state index >= 15 is 0 Å². The average molecular weight is 388 g/mol. The molecule has 0 saturated heterocycles. The fraction of sp³-hybridized carbons (Fsp3) is 0.174. The fourth-order valence-corrected chi connectivity index (χ4v) is 3.60. The zero-order valence-corrected chi connectivity index (χ0v) is 16.0. The summed E-state index contributed by atoms with van der Waals surface area (Å²) in [6, 6.07) is 20.4. The van der Waals surface area contributed by atoms with Gasteiger partial charge in [-0.3, -0.25) is 18.7 Å². The van der Waals surface area contributed by atoms with Crippen molar-refractivity contribution in [2.24, 2.45) is 0 Å². The molecule has 0 amide bonds. The van der Waals surface area contributed by atoms with Gasteiger partial charge in [-0.25, -0.2) is 4.79 Å². The second kappa shape index (κ2) is 7.75. The molecule has 4 aromatic rings. The Labute approximate surface area is 166 Å². The zero-order chi connectivity index (χ0) is 20.4. The normalized spacial score (nSPS) is 11.1. The van der Waals surface area contributed by atoms with Crippen LogP contribution >= 0.6 is 0 Å². The SMILES string of the molecule is CCOC(=O)Cn1c(=O)n(Cc2cccc3ccccc23)c(=O)c2ccccc21. The van der Waals surface area contributed by atoms with Crippen molar-refractivity contribution in [2.75, 3.05) is 6.61 Å². The number of carbonyl (C=O) groups excluding carboxylic acids is 1. The number of hydrogen-bond donors (Lipinski definition) is 0. The second-order valence-electron chi connectivity index (χ2n) is 6.72. The van der Waals surface area contributed by atoms with Crippen LogP contribution in [0.25, 0.3) is 21.7 Å².